The van der Waals surface area contributed by atoms with E-state index in [4.69, 9.17) is 0 Å². The number of hydrogen-bond donors (Lipinski definition) is 0. The Kier molecular flexibility index (Phi) is 8.71. The largest absolute Gasteiger partial charge is 0.310 e. The van der Waals surface area contributed by atoms with Gasteiger partial charge in [-0.2, -0.15) is 0 Å². The maximum absolute atomic E-state index is 2.53. The van der Waals surface area contributed by atoms with Crippen LogP contribution in [0.15, 0.2) is 231 Å². The molecular formula is C63H47N. The van der Waals surface area contributed by atoms with Gasteiger partial charge in [-0.1, -0.05) is 207 Å². The number of rotatable bonds is 7. The number of anilines is 3. The fraction of sp³-hybridized carbons (Fsp3) is 0.0794. The summed E-state index contributed by atoms with van der Waals surface area (Å²) in [5, 5.41) is 2.46. The highest BCUT2D eigenvalue weighted by Crippen LogP contribution is 2.58. The summed E-state index contributed by atoms with van der Waals surface area (Å²) in [5.74, 6) is 0. The van der Waals surface area contributed by atoms with E-state index >= 15 is 0 Å². The zero-order chi connectivity index (χ0) is 43.0. The summed E-state index contributed by atoms with van der Waals surface area (Å²) in [6, 6.07) is 86.3. The molecule has 0 bridgehead atoms. The van der Waals surface area contributed by atoms with Crippen molar-refractivity contribution in [1.82, 2.24) is 0 Å². The van der Waals surface area contributed by atoms with E-state index in [9.17, 15) is 0 Å². The van der Waals surface area contributed by atoms with E-state index in [0.717, 1.165) is 17.1 Å². The van der Waals surface area contributed by atoms with Crippen molar-refractivity contribution in [2.75, 3.05) is 4.90 Å². The molecule has 1 heteroatoms. The van der Waals surface area contributed by atoms with Crippen LogP contribution in [-0.2, 0) is 10.8 Å². The zero-order valence-electron chi connectivity index (χ0n) is 36.4. The quantitative estimate of drug-likeness (QED) is 0.155. The third-order valence-corrected chi connectivity index (χ3v) is 14.2. The summed E-state index contributed by atoms with van der Waals surface area (Å²) in [6.07, 6.45) is 0. The van der Waals surface area contributed by atoms with E-state index < -0.39 is 5.41 Å². The first-order valence-corrected chi connectivity index (χ1v) is 22.5. The molecule has 0 atom stereocenters. The van der Waals surface area contributed by atoms with Crippen molar-refractivity contribution in [3.8, 4) is 44.5 Å². The Morgan fingerprint density at radius 2 is 0.844 bits per heavy atom. The number of hydrogen-bond acceptors (Lipinski definition) is 1. The van der Waals surface area contributed by atoms with Gasteiger partial charge in [0.1, 0.15) is 0 Å². The molecule has 0 heterocycles. The third-order valence-electron chi connectivity index (χ3n) is 14.2. The number of aryl methyl sites for hydroxylation is 1. The highest BCUT2D eigenvalue weighted by atomic mass is 15.1. The van der Waals surface area contributed by atoms with Crippen molar-refractivity contribution in [3.05, 3.63) is 269 Å². The van der Waals surface area contributed by atoms with Crippen LogP contribution in [-0.4, -0.2) is 0 Å². The van der Waals surface area contributed by atoms with Gasteiger partial charge in [0.15, 0.2) is 0 Å². The van der Waals surface area contributed by atoms with Gasteiger partial charge < -0.3 is 4.90 Å². The Morgan fingerprint density at radius 1 is 0.328 bits per heavy atom. The second kappa shape index (κ2) is 14.7. The normalized spacial score (nSPS) is 13.8. The SMILES string of the molecule is Cc1ccc(-c2ccc(N(c3ccc4c(c3)C(C)(C)c3ccccc3-4)c3ccc4c(c3)C(c3ccccc3)(c3ccccc3)c3ccccc3-4)c(-c3ccc4ccccc4c3)c2)cc1. The van der Waals surface area contributed by atoms with Crippen molar-refractivity contribution in [1.29, 1.82) is 0 Å². The van der Waals surface area contributed by atoms with Gasteiger partial charge in [0, 0.05) is 22.4 Å². The second-order valence-corrected chi connectivity index (χ2v) is 18.2. The lowest BCUT2D eigenvalue weighted by atomic mass is 9.67. The highest BCUT2D eigenvalue weighted by Gasteiger charge is 2.46. The lowest BCUT2D eigenvalue weighted by Crippen LogP contribution is -2.28. The molecule has 0 radical (unpaired) electrons. The molecule has 2 aliphatic carbocycles. The van der Waals surface area contributed by atoms with Crippen molar-refractivity contribution in [2.45, 2.75) is 31.6 Å². The van der Waals surface area contributed by atoms with Gasteiger partial charge in [-0.25, -0.2) is 0 Å². The minimum Gasteiger partial charge on any atom is -0.310 e. The molecule has 0 amide bonds. The molecule has 0 saturated heterocycles. The van der Waals surface area contributed by atoms with Gasteiger partial charge in [0.05, 0.1) is 11.1 Å². The Labute approximate surface area is 376 Å². The lowest BCUT2D eigenvalue weighted by molar-refractivity contribution is 0.660. The van der Waals surface area contributed by atoms with E-state index in [-0.39, 0.29) is 5.41 Å². The minimum absolute atomic E-state index is 0.167. The maximum atomic E-state index is 2.53. The van der Waals surface area contributed by atoms with Crippen LogP contribution >= 0.6 is 0 Å². The molecule has 0 aromatic heterocycles. The van der Waals surface area contributed by atoms with E-state index in [1.165, 1.54) is 94.2 Å². The smallest absolute Gasteiger partial charge is 0.0714 e. The van der Waals surface area contributed by atoms with Crippen molar-refractivity contribution in [3.63, 3.8) is 0 Å². The van der Waals surface area contributed by atoms with E-state index in [2.05, 4.69) is 256 Å². The molecule has 304 valence electrons. The predicted molar refractivity (Wildman–Crippen MR) is 269 cm³/mol. The average molecular weight is 818 g/mol. The molecule has 10 aromatic carbocycles. The minimum atomic E-state index is -0.534. The summed E-state index contributed by atoms with van der Waals surface area (Å²) >= 11 is 0. The summed E-state index contributed by atoms with van der Waals surface area (Å²) in [4.78, 5) is 2.53. The molecule has 1 nitrogen and oxygen atoms in total. The van der Waals surface area contributed by atoms with E-state index in [1.807, 2.05) is 0 Å². The first-order chi connectivity index (χ1) is 31.4. The summed E-state index contributed by atoms with van der Waals surface area (Å²) < 4.78 is 0. The van der Waals surface area contributed by atoms with Crippen molar-refractivity contribution < 1.29 is 0 Å². The van der Waals surface area contributed by atoms with Crippen LogP contribution in [0.1, 0.15) is 52.8 Å². The van der Waals surface area contributed by atoms with Crippen molar-refractivity contribution >= 4 is 27.8 Å². The van der Waals surface area contributed by atoms with Gasteiger partial charge in [-0.15, -0.1) is 0 Å². The first-order valence-electron chi connectivity index (χ1n) is 22.5. The van der Waals surface area contributed by atoms with Crippen molar-refractivity contribution in [2.24, 2.45) is 0 Å². The number of nitrogens with zero attached hydrogens (tertiary/aromatic N) is 1. The Bertz CT molecular complexity index is 3370. The van der Waals surface area contributed by atoms with Crippen LogP contribution in [0.25, 0.3) is 55.3 Å². The molecule has 0 N–H and O–H groups in total. The molecule has 0 spiro atoms. The topological polar surface area (TPSA) is 3.24 Å². The fourth-order valence-corrected chi connectivity index (χ4v) is 11.1. The zero-order valence-corrected chi connectivity index (χ0v) is 36.4. The molecule has 2 aliphatic rings. The lowest BCUT2D eigenvalue weighted by Gasteiger charge is -2.35. The summed E-state index contributed by atoms with van der Waals surface area (Å²) in [5.41, 5.74) is 21.7. The Morgan fingerprint density at radius 3 is 1.53 bits per heavy atom. The average Bonchev–Trinajstić information content (AvgIpc) is 3.77. The molecular weight excluding hydrogens is 771 g/mol. The van der Waals surface area contributed by atoms with Crippen LogP contribution in [0, 0.1) is 6.92 Å². The molecule has 10 aromatic rings. The Balaban J connectivity index is 1.15. The van der Waals surface area contributed by atoms with Crippen LogP contribution < -0.4 is 4.90 Å². The van der Waals surface area contributed by atoms with Crippen LogP contribution in [0.3, 0.4) is 0 Å². The maximum Gasteiger partial charge on any atom is 0.0714 e. The number of fused-ring (bicyclic) bond motifs is 7. The molecule has 0 unspecified atom stereocenters. The standard InChI is InChI=1S/C63H47N/c1-42-26-28-44(29-27-42)46-32-37-61(56(39-46)47-31-30-43-16-10-11-17-45(43)38-47)64(50-33-35-54-52-22-12-14-24-57(52)62(2,3)59(54)40-50)51-34-36-55-53-23-13-15-25-58(53)63(60(55)41-51,48-18-6-4-7-19-48)49-20-8-5-9-21-49/h4-41H,1-3H3. The second-order valence-electron chi connectivity index (χ2n) is 18.2. The predicted octanol–water partition coefficient (Wildman–Crippen LogP) is 16.6. The van der Waals surface area contributed by atoms with Crippen LogP contribution in [0.5, 0.6) is 0 Å². The fourth-order valence-electron chi connectivity index (χ4n) is 11.1. The van der Waals surface area contributed by atoms with Gasteiger partial charge in [-0.3, -0.25) is 0 Å². The molecule has 0 aliphatic heterocycles. The first kappa shape index (κ1) is 38.0. The highest BCUT2D eigenvalue weighted by molar-refractivity contribution is 5.97. The molecule has 0 fully saturated rings. The third kappa shape index (κ3) is 5.77. The molecule has 0 saturated carbocycles. The summed E-state index contributed by atoms with van der Waals surface area (Å²) in [6.45, 7) is 6.91. The molecule has 12 rings (SSSR count). The van der Waals surface area contributed by atoms with Crippen LogP contribution in [0.2, 0.25) is 0 Å². The van der Waals surface area contributed by atoms with Gasteiger partial charge in [-0.05, 0) is 132 Å². The van der Waals surface area contributed by atoms with Gasteiger partial charge in [0.25, 0.3) is 0 Å². The van der Waals surface area contributed by atoms with Crippen LogP contribution in [0.4, 0.5) is 17.1 Å². The van der Waals surface area contributed by atoms with E-state index in [1.54, 1.807) is 0 Å². The number of benzene rings is 10. The van der Waals surface area contributed by atoms with Gasteiger partial charge in [0.2, 0.25) is 0 Å². The molecule has 64 heavy (non-hydrogen) atoms. The monoisotopic (exact) mass is 817 g/mol. The Hall–Kier alpha value is -7.74. The van der Waals surface area contributed by atoms with E-state index in [0.29, 0.717) is 0 Å². The summed E-state index contributed by atoms with van der Waals surface area (Å²) in [7, 11) is 0. The van der Waals surface area contributed by atoms with Gasteiger partial charge >= 0.3 is 0 Å².